The lowest BCUT2D eigenvalue weighted by Crippen LogP contribution is -1.95. The topological polar surface area (TPSA) is 42.2 Å². The average molecular weight is 380 g/mol. The van der Waals surface area contributed by atoms with Gasteiger partial charge >= 0.3 is 0 Å². The summed E-state index contributed by atoms with van der Waals surface area (Å²) in [6.07, 6.45) is 0. The maximum Gasteiger partial charge on any atom is 0.131 e. The van der Waals surface area contributed by atoms with E-state index in [1.807, 2.05) is 48.5 Å². The van der Waals surface area contributed by atoms with Crippen molar-refractivity contribution in [1.29, 1.82) is 5.26 Å². The summed E-state index contributed by atoms with van der Waals surface area (Å²) in [7, 11) is 0. The van der Waals surface area contributed by atoms with Gasteiger partial charge in [0.05, 0.1) is 11.6 Å². The van der Waals surface area contributed by atoms with Gasteiger partial charge in [-0.3, -0.25) is 0 Å². The molecule has 3 aromatic rings. The highest BCUT2D eigenvalue weighted by atomic mass is 79.9. The van der Waals surface area contributed by atoms with Crippen molar-refractivity contribution in [3.63, 3.8) is 0 Å². The van der Waals surface area contributed by atoms with E-state index >= 15 is 0 Å². The largest absolute Gasteiger partial charge is 0.489 e. The molecule has 0 unspecified atom stereocenters. The first-order valence-corrected chi connectivity index (χ1v) is 8.17. The summed E-state index contributed by atoms with van der Waals surface area (Å²) in [5, 5.41) is 8.81. The fourth-order valence-corrected chi connectivity index (χ4v) is 2.60. The minimum Gasteiger partial charge on any atom is -0.489 e. The first kappa shape index (κ1) is 16.1. The molecule has 0 aromatic heterocycles. The SMILES string of the molecule is N#Cc1ccc(Oc2cccc(OCc3cccc(Br)c3)c2)cc1. The maximum absolute atomic E-state index is 8.81. The first-order chi connectivity index (χ1) is 11.7. The average Bonchev–Trinajstić information content (AvgIpc) is 2.61. The number of halogens is 1. The highest BCUT2D eigenvalue weighted by Crippen LogP contribution is 2.26. The smallest absolute Gasteiger partial charge is 0.131 e. The van der Waals surface area contributed by atoms with Crippen molar-refractivity contribution in [2.75, 3.05) is 0 Å². The van der Waals surface area contributed by atoms with E-state index in [1.54, 1.807) is 24.3 Å². The van der Waals surface area contributed by atoms with E-state index < -0.39 is 0 Å². The van der Waals surface area contributed by atoms with Crippen LogP contribution in [0, 0.1) is 11.3 Å². The second kappa shape index (κ2) is 7.67. The molecule has 0 fully saturated rings. The van der Waals surface area contributed by atoms with Crippen molar-refractivity contribution >= 4 is 15.9 Å². The van der Waals surface area contributed by atoms with Gasteiger partial charge in [0, 0.05) is 10.5 Å². The van der Waals surface area contributed by atoms with Gasteiger partial charge in [-0.25, -0.2) is 0 Å². The summed E-state index contributed by atoms with van der Waals surface area (Å²) >= 11 is 3.45. The molecule has 0 radical (unpaired) electrons. The number of hydrogen-bond donors (Lipinski definition) is 0. The van der Waals surface area contributed by atoms with Crippen LogP contribution in [0.1, 0.15) is 11.1 Å². The quantitative estimate of drug-likeness (QED) is 0.571. The third-order valence-electron chi connectivity index (χ3n) is 3.32. The second-order valence-electron chi connectivity index (χ2n) is 5.13. The molecule has 0 saturated heterocycles. The van der Waals surface area contributed by atoms with Crippen molar-refractivity contribution in [3.8, 4) is 23.3 Å². The van der Waals surface area contributed by atoms with E-state index in [-0.39, 0.29) is 0 Å². The Morgan fingerprint density at radius 1 is 0.833 bits per heavy atom. The van der Waals surface area contributed by atoms with Crippen LogP contribution in [-0.4, -0.2) is 0 Å². The summed E-state index contributed by atoms with van der Waals surface area (Å²) in [6, 6.07) is 24.6. The molecule has 0 N–H and O–H groups in total. The zero-order valence-corrected chi connectivity index (χ0v) is 14.4. The Balaban J connectivity index is 1.66. The molecule has 3 rings (SSSR count). The van der Waals surface area contributed by atoms with Crippen molar-refractivity contribution in [2.24, 2.45) is 0 Å². The molecule has 0 heterocycles. The fourth-order valence-electron chi connectivity index (χ4n) is 2.15. The zero-order valence-electron chi connectivity index (χ0n) is 12.8. The zero-order chi connectivity index (χ0) is 16.8. The van der Waals surface area contributed by atoms with E-state index in [1.165, 1.54) is 0 Å². The van der Waals surface area contributed by atoms with Crippen molar-refractivity contribution < 1.29 is 9.47 Å². The van der Waals surface area contributed by atoms with Crippen LogP contribution < -0.4 is 9.47 Å². The highest BCUT2D eigenvalue weighted by molar-refractivity contribution is 9.10. The molecular formula is C20H14BrNO2. The standard InChI is InChI=1S/C20H14BrNO2/c21-17-4-1-3-16(11-17)14-23-19-5-2-6-20(12-19)24-18-9-7-15(13-22)8-10-18/h1-12H,14H2. The number of ether oxygens (including phenoxy) is 2. The van der Waals surface area contributed by atoms with Crippen LogP contribution >= 0.6 is 15.9 Å². The van der Waals surface area contributed by atoms with Gasteiger partial charge in [0.15, 0.2) is 0 Å². The van der Waals surface area contributed by atoms with E-state index in [0.717, 1.165) is 15.8 Å². The second-order valence-corrected chi connectivity index (χ2v) is 6.05. The van der Waals surface area contributed by atoms with Gasteiger partial charge in [-0.15, -0.1) is 0 Å². The van der Waals surface area contributed by atoms with Gasteiger partial charge < -0.3 is 9.47 Å². The van der Waals surface area contributed by atoms with Crippen LogP contribution in [0.5, 0.6) is 17.2 Å². The number of rotatable bonds is 5. The predicted molar refractivity (Wildman–Crippen MR) is 96.1 cm³/mol. The minimum absolute atomic E-state index is 0.486. The molecule has 24 heavy (non-hydrogen) atoms. The predicted octanol–water partition coefficient (Wildman–Crippen LogP) is 5.69. The molecule has 0 bridgehead atoms. The molecule has 0 amide bonds. The van der Waals surface area contributed by atoms with Gasteiger partial charge in [-0.2, -0.15) is 5.26 Å². The fraction of sp³-hybridized carbons (Fsp3) is 0.0500. The molecule has 0 aliphatic rings. The van der Waals surface area contributed by atoms with Crippen LogP contribution in [0.15, 0.2) is 77.3 Å². The lowest BCUT2D eigenvalue weighted by atomic mass is 10.2. The Hall–Kier alpha value is -2.77. The third kappa shape index (κ3) is 4.37. The Bertz CT molecular complexity index is 869. The van der Waals surface area contributed by atoms with Crippen LogP contribution in [0.3, 0.4) is 0 Å². The number of nitrogens with zero attached hydrogens (tertiary/aromatic N) is 1. The van der Waals surface area contributed by atoms with Crippen LogP contribution in [-0.2, 0) is 6.61 Å². The molecule has 4 heteroatoms. The molecule has 3 nitrogen and oxygen atoms in total. The third-order valence-corrected chi connectivity index (χ3v) is 3.81. The van der Waals surface area contributed by atoms with E-state index in [0.29, 0.717) is 23.7 Å². The lowest BCUT2D eigenvalue weighted by Gasteiger charge is -2.10. The maximum atomic E-state index is 8.81. The van der Waals surface area contributed by atoms with E-state index in [9.17, 15) is 0 Å². The summed E-state index contributed by atoms with van der Waals surface area (Å²) in [4.78, 5) is 0. The Morgan fingerprint density at radius 2 is 1.58 bits per heavy atom. The Morgan fingerprint density at radius 3 is 2.33 bits per heavy atom. The number of hydrogen-bond acceptors (Lipinski definition) is 3. The van der Waals surface area contributed by atoms with E-state index in [4.69, 9.17) is 14.7 Å². The first-order valence-electron chi connectivity index (χ1n) is 7.38. The Kier molecular flexibility index (Phi) is 5.15. The van der Waals surface area contributed by atoms with E-state index in [2.05, 4.69) is 22.0 Å². The minimum atomic E-state index is 0.486. The molecule has 3 aromatic carbocycles. The highest BCUT2D eigenvalue weighted by Gasteiger charge is 2.02. The van der Waals surface area contributed by atoms with Crippen LogP contribution in [0.4, 0.5) is 0 Å². The molecule has 0 spiro atoms. The van der Waals surface area contributed by atoms with Gasteiger partial charge in [-0.05, 0) is 54.1 Å². The molecule has 0 saturated carbocycles. The molecular weight excluding hydrogens is 366 g/mol. The molecule has 0 aliphatic heterocycles. The monoisotopic (exact) mass is 379 g/mol. The Labute approximate surface area is 149 Å². The van der Waals surface area contributed by atoms with Crippen LogP contribution in [0.2, 0.25) is 0 Å². The van der Waals surface area contributed by atoms with Crippen LogP contribution in [0.25, 0.3) is 0 Å². The summed E-state index contributed by atoms with van der Waals surface area (Å²) < 4.78 is 12.6. The van der Waals surface area contributed by atoms with Gasteiger partial charge in [0.2, 0.25) is 0 Å². The number of nitriles is 1. The number of benzene rings is 3. The normalized spacial score (nSPS) is 10.0. The van der Waals surface area contributed by atoms with Gasteiger partial charge in [-0.1, -0.05) is 34.1 Å². The van der Waals surface area contributed by atoms with Crippen molar-refractivity contribution in [3.05, 3.63) is 88.4 Å². The summed E-state index contributed by atoms with van der Waals surface area (Å²) in [5.74, 6) is 2.10. The lowest BCUT2D eigenvalue weighted by molar-refractivity contribution is 0.304. The summed E-state index contributed by atoms with van der Waals surface area (Å²) in [6.45, 7) is 0.486. The molecule has 118 valence electrons. The van der Waals surface area contributed by atoms with Gasteiger partial charge in [0.25, 0.3) is 0 Å². The molecule has 0 atom stereocenters. The summed E-state index contributed by atoms with van der Waals surface area (Å²) in [5.41, 5.74) is 1.69. The van der Waals surface area contributed by atoms with Crippen molar-refractivity contribution in [2.45, 2.75) is 6.61 Å². The van der Waals surface area contributed by atoms with Gasteiger partial charge in [0.1, 0.15) is 23.9 Å². The van der Waals surface area contributed by atoms with Crippen molar-refractivity contribution in [1.82, 2.24) is 0 Å². The molecule has 0 aliphatic carbocycles.